The molecule has 29 heavy (non-hydrogen) atoms. The molecule has 2 unspecified atom stereocenters. The van der Waals surface area contributed by atoms with Crippen LogP contribution >= 0.6 is 11.6 Å². The third-order valence-corrected chi connectivity index (χ3v) is 6.90. The number of hydrogen-bond donors (Lipinski definition) is 2. The fourth-order valence-electron chi connectivity index (χ4n) is 3.68. The summed E-state index contributed by atoms with van der Waals surface area (Å²) in [4.78, 5) is 22.3. The Bertz CT molecular complexity index is 1000. The first-order valence-electron chi connectivity index (χ1n) is 9.33. The highest BCUT2D eigenvalue weighted by Crippen LogP contribution is 2.31. The number of halogens is 1. The van der Waals surface area contributed by atoms with Crippen molar-refractivity contribution in [3.8, 4) is 0 Å². The SMILES string of the molecule is O=CCCC(C(=O)O)c1ccc2c(c1)CC(CNS(=O)(=O)c1ccc(Cl)cc1)C2. The van der Waals surface area contributed by atoms with E-state index < -0.39 is 21.9 Å². The summed E-state index contributed by atoms with van der Waals surface area (Å²) in [6.45, 7) is 0.294. The Kier molecular flexibility index (Phi) is 6.72. The second-order valence-electron chi connectivity index (χ2n) is 7.24. The van der Waals surface area contributed by atoms with Gasteiger partial charge in [-0.25, -0.2) is 13.1 Å². The normalized spacial score (nSPS) is 16.9. The molecule has 0 aliphatic heterocycles. The van der Waals surface area contributed by atoms with Crippen LogP contribution in [0.15, 0.2) is 47.4 Å². The Morgan fingerprint density at radius 2 is 1.86 bits per heavy atom. The van der Waals surface area contributed by atoms with Crippen molar-refractivity contribution in [1.29, 1.82) is 0 Å². The maximum atomic E-state index is 12.4. The molecule has 3 rings (SSSR count). The van der Waals surface area contributed by atoms with Gasteiger partial charge in [-0.3, -0.25) is 4.79 Å². The molecule has 8 heteroatoms. The molecule has 0 amide bonds. The Labute approximate surface area is 174 Å². The maximum absolute atomic E-state index is 12.4. The molecule has 2 atom stereocenters. The molecule has 2 aromatic rings. The van der Waals surface area contributed by atoms with Crippen molar-refractivity contribution < 1.29 is 23.1 Å². The lowest BCUT2D eigenvalue weighted by Gasteiger charge is -2.13. The van der Waals surface area contributed by atoms with Crippen molar-refractivity contribution >= 4 is 33.9 Å². The van der Waals surface area contributed by atoms with Crippen LogP contribution in [0.4, 0.5) is 0 Å². The van der Waals surface area contributed by atoms with Crippen molar-refractivity contribution in [3.63, 3.8) is 0 Å². The predicted octanol–water partition coefficient (Wildman–Crippen LogP) is 3.18. The van der Waals surface area contributed by atoms with Crippen LogP contribution < -0.4 is 4.72 Å². The number of sulfonamides is 1. The summed E-state index contributed by atoms with van der Waals surface area (Å²) < 4.78 is 27.5. The molecule has 6 nitrogen and oxygen atoms in total. The first-order chi connectivity index (χ1) is 13.8. The third-order valence-electron chi connectivity index (χ3n) is 5.21. The minimum atomic E-state index is -3.61. The van der Waals surface area contributed by atoms with Gasteiger partial charge in [-0.15, -0.1) is 0 Å². The number of rotatable bonds is 9. The van der Waals surface area contributed by atoms with Gasteiger partial charge in [0.15, 0.2) is 0 Å². The van der Waals surface area contributed by atoms with Crippen LogP contribution in [0.5, 0.6) is 0 Å². The van der Waals surface area contributed by atoms with Gasteiger partial charge in [-0.2, -0.15) is 0 Å². The summed E-state index contributed by atoms with van der Waals surface area (Å²) >= 11 is 5.81. The molecule has 0 saturated carbocycles. The Morgan fingerprint density at radius 3 is 2.52 bits per heavy atom. The highest BCUT2D eigenvalue weighted by atomic mass is 35.5. The van der Waals surface area contributed by atoms with Crippen LogP contribution in [0.2, 0.25) is 5.02 Å². The zero-order valence-corrected chi connectivity index (χ0v) is 17.2. The van der Waals surface area contributed by atoms with E-state index >= 15 is 0 Å². The first kappa shape index (κ1) is 21.5. The summed E-state index contributed by atoms with van der Waals surface area (Å²) in [6, 6.07) is 11.6. The molecule has 2 N–H and O–H groups in total. The van der Waals surface area contributed by atoms with E-state index in [9.17, 15) is 23.1 Å². The molecule has 1 aliphatic rings. The molecular weight excluding hydrogens is 414 g/mol. The van der Waals surface area contributed by atoms with E-state index in [-0.39, 0.29) is 23.7 Å². The number of carbonyl (C=O) groups excluding carboxylic acids is 1. The molecule has 1 aliphatic carbocycles. The van der Waals surface area contributed by atoms with E-state index in [4.69, 9.17) is 11.6 Å². The number of aldehydes is 1. The summed E-state index contributed by atoms with van der Waals surface area (Å²) in [5.74, 6) is -1.56. The molecule has 0 heterocycles. The van der Waals surface area contributed by atoms with Gasteiger partial charge in [0.2, 0.25) is 10.0 Å². The van der Waals surface area contributed by atoms with Crippen LogP contribution in [-0.4, -0.2) is 32.3 Å². The quantitative estimate of drug-likeness (QED) is 0.589. The summed E-state index contributed by atoms with van der Waals surface area (Å²) in [5, 5.41) is 9.92. The first-order valence-corrected chi connectivity index (χ1v) is 11.2. The number of nitrogens with one attached hydrogen (secondary N) is 1. The van der Waals surface area contributed by atoms with Gasteiger partial charge >= 0.3 is 5.97 Å². The standard InChI is InChI=1S/C21H22ClNO5S/c22-18-5-7-19(8-6-18)29(27,28)23-13-14-10-15-3-4-16(12-17(15)11-14)20(21(25)26)2-1-9-24/h3-9,12,14,20,23H,1-2,10-11,13H2,(H,25,26). The molecule has 0 bridgehead atoms. The van der Waals surface area contributed by atoms with Crippen LogP contribution in [-0.2, 0) is 32.5 Å². The van der Waals surface area contributed by atoms with E-state index in [1.807, 2.05) is 12.1 Å². The minimum absolute atomic E-state index is 0.0978. The summed E-state index contributed by atoms with van der Waals surface area (Å²) in [5.41, 5.74) is 2.82. The van der Waals surface area contributed by atoms with Gasteiger partial charge in [0.25, 0.3) is 0 Å². The van der Waals surface area contributed by atoms with Crippen molar-refractivity contribution in [2.24, 2.45) is 5.92 Å². The lowest BCUT2D eigenvalue weighted by atomic mass is 9.92. The second kappa shape index (κ2) is 9.07. The Morgan fingerprint density at radius 1 is 1.17 bits per heavy atom. The topological polar surface area (TPSA) is 101 Å². The number of carbonyl (C=O) groups is 2. The summed E-state index contributed by atoms with van der Waals surface area (Å²) in [7, 11) is -3.61. The Balaban J connectivity index is 1.66. The van der Waals surface area contributed by atoms with Crippen LogP contribution in [0, 0.1) is 5.92 Å². The lowest BCUT2D eigenvalue weighted by molar-refractivity contribution is -0.139. The molecule has 0 fully saturated rings. The van der Waals surface area contributed by atoms with E-state index in [1.165, 1.54) is 24.3 Å². The zero-order valence-electron chi connectivity index (χ0n) is 15.7. The van der Waals surface area contributed by atoms with Crippen molar-refractivity contribution in [2.45, 2.75) is 36.5 Å². The number of carboxylic acids is 1. The maximum Gasteiger partial charge on any atom is 0.310 e. The Hall–Kier alpha value is -2.22. The van der Waals surface area contributed by atoms with E-state index in [0.29, 0.717) is 23.6 Å². The van der Waals surface area contributed by atoms with E-state index in [0.717, 1.165) is 23.8 Å². The average molecular weight is 436 g/mol. The number of benzene rings is 2. The van der Waals surface area contributed by atoms with Crippen molar-refractivity contribution in [3.05, 3.63) is 64.2 Å². The smallest absolute Gasteiger partial charge is 0.310 e. The molecule has 0 spiro atoms. The number of hydrogen-bond acceptors (Lipinski definition) is 4. The zero-order chi connectivity index (χ0) is 21.0. The molecule has 0 radical (unpaired) electrons. The lowest BCUT2D eigenvalue weighted by Crippen LogP contribution is -2.29. The molecule has 0 aromatic heterocycles. The van der Waals surface area contributed by atoms with Gasteiger partial charge in [-0.1, -0.05) is 29.8 Å². The van der Waals surface area contributed by atoms with Crippen LogP contribution in [0.1, 0.15) is 35.4 Å². The molecular formula is C21H22ClNO5S. The predicted molar refractivity (Wildman–Crippen MR) is 110 cm³/mol. The van der Waals surface area contributed by atoms with Gasteiger partial charge in [0.1, 0.15) is 6.29 Å². The van der Waals surface area contributed by atoms with Crippen molar-refractivity contribution in [1.82, 2.24) is 4.72 Å². The van der Waals surface area contributed by atoms with E-state index in [2.05, 4.69) is 4.72 Å². The second-order valence-corrected chi connectivity index (χ2v) is 9.45. The molecule has 154 valence electrons. The minimum Gasteiger partial charge on any atom is -0.481 e. The van der Waals surface area contributed by atoms with Crippen LogP contribution in [0.3, 0.4) is 0 Å². The molecule has 0 saturated heterocycles. The van der Waals surface area contributed by atoms with Crippen LogP contribution in [0.25, 0.3) is 0 Å². The van der Waals surface area contributed by atoms with Gasteiger partial charge in [0, 0.05) is 18.0 Å². The number of carboxylic acid groups (broad SMARTS) is 1. The largest absolute Gasteiger partial charge is 0.481 e. The van der Waals surface area contributed by atoms with Gasteiger partial charge < -0.3 is 9.90 Å². The fourth-order valence-corrected chi connectivity index (χ4v) is 4.92. The fraction of sp³-hybridized carbons (Fsp3) is 0.333. The van der Waals surface area contributed by atoms with E-state index in [1.54, 1.807) is 6.07 Å². The highest BCUT2D eigenvalue weighted by molar-refractivity contribution is 7.89. The number of fused-ring (bicyclic) bond motifs is 1. The van der Waals surface area contributed by atoms with Gasteiger partial charge in [-0.05, 0) is 66.1 Å². The number of aliphatic carboxylic acids is 1. The monoisotopic (exact) mass is 435 g/mol. The molecule has 2 aromatic carbocycles. The van der Waals surface area contributed by atoms with Gasteiger partial charge in [0.05, 0.1) is 10.8 Å². The average Bonchev–Trinajstić information content (AvgIpc) is 3.09. The third kappa shape index (κ3) is 5.23. The summed E-state index contributed by atoms with van der Waals surface area (Å²) in [6.07, 6.45) is 2.59. The van der Waals surface area contributed by atoms with Crippen molar-refractivity contribution in [2.75, 3.05) is 6.54 Å². The highest BCUT2D eigenvalue weighted by Gasteiger charge is 2.26.